The van der Waals surface area contributed by atoms with Gasteiger partial charge in [0.05, 0.1) is 12.2 Å². The topological polar surface area (TPSA) is 96.1 Å². The van der Waals surface area contributed by atoms with Crippen LogP contribution in [-0.4, -0.2) is 91.9 Å². The second-order valence-corrected chi connectivity index (χ2v) is 8.57. The van der Waals surface area contributed by atoms with Crippen LogP contribution in [0.1, 0.15) is 35.9 Å². The number of rotatable bonds is 4. The maximum absolute atomic E-state index is 13.1. The van der Waals surface area contributed by atoms with Crippen molar-refractivity contribution in [2.75, 3.05) is 39.3 Å². The zero-order valence-corrected chi connectivity index (χ0v) is 17.6. The number of hydrogen-bond donors (Lipinski definition) is 1. The van der Waals surface area contributed by atoms with Gasteiger partial charge in [0.1, 0.15) is 0 Å². The van der Waals surface area contributed by atoms with Gasteiger partial charge in [0.25, 0.3) is 11.7 Å². The molecular formula is C20H30N6O3. The third kappa shape index (κ3) is 4.12. The van der Waals surface area contributed by atoms with Gasteiger partial charge in [-0.3, -0.25) is 9.69 Å². The number of aromatic nitrogens is 4. The summed E-state index contributed by atoms with van der Waals surface area (Å²) in [5, 5.41) is 14.3. The van der Waals surface area contributed by atoms with Crippen LogP contribution in [0, 0.1) is 25.7 Å². The van der Waals surface area contributed by atoms with Crippen LogP contribution < -0.4 is 0 Å². The number of hydrogen-bond acceptors (Lipinski definition) is 7. The molecule has 2 aliphatic heterocycles. The lowest BCUT2D eigenvalue weighted by molar-refractivity contribution is -0.0726. The minimum absolute atomic E-state index is 0.0616. The second-order valence-electron chi connectivity index (χ2n) is 8.57. The standard InChI is InChI=1S/C20H30N6O3/c1-12-5-13(2)26-20(21-12)22-18(23-26)19(28)25-9-16(17(10-25)11-27)8-24-6-14(3)29-15(4)7-24/h5,14-17,27H,6-11H2,1-4H3/t14-,15+,16-,17-/m1/s1. The van der Waals surface area contributed by atoms with Gasteiger partial charge in [-0.05, 0) is 39.7 Å². The van der Waals surface area contributed by atoms with E-state index in [0.29, 0.717) is 18.9 Å². The first-order chi connectivity index (χ1) is 13.8. The van der Waals surface area contributed by atoms with Gasteiger partial charge < -0.3 is 14.7 Å². The maximum Gasteiger partial charge on any atom is 0.293 e. The minimum Gasteiger partial charge on any atom is -0.396 e. The van der Waals surface area contributed by atoms with E-state index in [4.69, 9.17) is 4.74 Å². The molecule has 0 bridgehead atoms. The minimum atomic E-state index is -0.197. The van der Waals surface area contributed by atoms with Crippen molar-refractivity contribution in [2.45, 2.75) is 39.9 Å². The van der Waals surface area contributed by atoms with E-state index in [1.54, 1.807) is 9.42 Å². The number of fused-ring (bicyclic) bond motifs is 1. The number of amides is 1. The number of carbonyl (C=O) groups is 1. The molecule has 9 nitrogen and oxygen atoms in total. The Morgan fingerprint density at radius 2 is 1.83 bits per heavy atom. The van der Waals surface area contributed by atoms with Gasteiger partial charge >= 0.3 is 0 Å². The lowest BCUT2D eigenvalue weighted by Gasteiger charge is -2.37. The molecular weight excluding hydrogens is 372 g/mol. The zero-order chi connectivity index (χ0) is 20.7. The Hall–Kier alpha value is -2.10. The van der Waals surface area contributed by atoms with Gasteiger partial charge in [0.15, 0.2) is 0 Å². The largest absolute Gasteiger partial charge is 0.396 e. The normalized spacial score (nSPS) is 28.4. The summed E-state index contributed by atoms with van der Waals surface area (Å²) in [7, 11) is 0. The Kier molecular flexibility index (Phi) is 5.54. The third-order valence-electron chi connectivity index (χ3n) is 5.90. The first-order valence-corrected chi connectivity index (χ1v) is 10.3. The average Bonchev–Trinajstić information content (AvgIpc) is 3.24. The van der Waals surface area contributed by atoms with Crippen molar-refractivity contribution in [1.29, 1.82) is 0 Å². The molecule has 2 fully saturated rings. The number of aliphatic hydroxyl groups excluding tert-OH is 1. The highest BCUT2D eigenvalue weighted by Gasteiger charge is 2.38. The summed E-state index contributed by atoms with van der Waals surface area (Å²) in [5.41, 5.74) is 1.74. The zero-order valence-electron chi connectivity index (χ0n) is 17.6. The van der Waals surface area contributed by atoms with Crippen molar-refractivity contribution < 1.29 is 14.6 Å². The molecule has 0 unspecified atom stereocenters. The van der Waals surface area contributed by atoms with Crippen molar-refractivity contribution in [3.05, 3.63) is 23.3 Å². The number of likely N-dealkylation sites (tertiary alicyclic amines) is 1. The van der Waals surface area contributed by atoms with E-state index in [-0.39, 0.29) is 42.4 Å². The molecule has 4 rings (SSSR count). The lowest BCUT2D eigenvalue weighted by Crippen LogP contribution is -2.48. The molecule has 9 heteroatoms. The van der Waals surface area contributed by atoms with E-state index in [1.165, 1.54) is 0 Å². The first-order valence-electron chi connectivity index (χ1n) is 10.3. The van der Waals surface area contributed by atoms with Crippen LogP contribution >= 0.6 is 0 Å². The maximum atomic E-state index is 13.1. The molecule has 1 N–H and O–H groups in total. The van der Waals surface area contributed by atoms with E-state index in [9.17, 15) is 9.90 Å². The van der Waals surface area contributed by atoms with Crippen molar-refractivity contribution in [2.24, 2.45) is 11.8 Å². The number of aryl methyl sites for hydroxylation is 2. The van der Waals surface area contributed by atoms with Gasteiger partial charge in [-0.15, -0.1) is 5.10 Å². The number of ether oxygens (including phenoxy) is 1. The Bertz CT molecular complexity index is 890. The fourth-order valence-corrected chi connectivity index (χ4v) is 4.68. The molecule has 1 amide bonds. The molecule has 4 heterocycles. The van der Waals surface area contributed by atoms with Crippen LogP contribution in [0.15, 0.2) is 6.07 Å². The summed E-state index contributed by atoms with van der Waals surface area (Å²) in [6, 6.07) is 1.91. The van der Waals surface area contributed by atoms with Crippen molar-refractivity contribution in [1.82, 2.24) is 29.4 Å². The van der Waals surface area contributed by atoms with Crippen molar-refractivity contribution >= 4 is 11.7 Å². The molecule has 2 aliphatic rings. The molecule has 0 spiro atoms. The van der Waals surface area contributed by atoms with Gasteiger partial charge in [-0.1, -0.05) is 0 Å². The molecule has 158 valence electrons. The van der Waals surface area contributed by atoms with Crippen LogP contribution in [0.25, 0.3) is 5.78 Å². The number of morpholine rings is 1. The second kappa shape index (κ2) is 7.97. The fourth-order valence-electron chi connectivity index (χ4n) is 4.68. The molecule has 0 radical (unpaired) electrons. The molecule has 0 aromatic carbocycles. The molecule has 0 saturated carbocycles. The van der Waals surface area contributed by atoms with E-state index in [2.05, 4.69) is 33.8 Å². The molecule has 2 saturated heterocycles. The number of nitrogens with zero attached hydrogens (tertiary/aromatic N) is 6. The quantitative estimate of drug-likeness (QED) is 0.797. The summed E-state index contributed by atoms with van der Waals surface area (Å²) < 4.78 is 7.42. The van der Waals surface area contributed by atoms with Crippen LogP contribution in [-0.2, 0) is 4.74 Å². The van der Waals surface area contributed by atoms with E-state index in [1.807, 2.05) is 19.9 Å². The van der Waals surface area contributed by atoms with Gasteiger partial charge in [0, 0.05) is 56.6 Å². The Labute approximate surface area is 170 Å². The lowest BCUT2D eigenvalue weighted by atomic mass is 9.96. The van der Waals surface area contributed by atoms with Gasteiger partial charge in [-0.2, -0.15) is 4.98 Å². The molecule has 2 aromatic heterocycles. The highest BCUT2D eigenvalue weighted by Crippen LogP contribution is 2.26. The highest BCUT2D eigenvalue weighted by atomic mass is 16.5. The average molecular weight is 402 g/mol. The van der Waals surface area contributed by atoms with Crippen molar-refractivity contribution in [3.63, 3.8) is 0 Å². The van der Waals surface area contributed by atoms with E-state index < -0.39 is 0 Å². The van der Waals surface area contributed by atoms with E-state index in [0.717, 1.165) is 31.0 Å². The predicted octanol–water partition coefficient (Wildman–Crippen LogP) is 0.531. The molecule has 2 aromatic rings. The summed E-state index contributed by atoms with van der Waals surface area (Å²) in [4.78, 5) is 25.9. The third-order valence-corrected chi connectivity index (χ3v) is 5.90. The SMILES string of the molecule is Cc1cc(C)n2nc(C(=O)N3C[C@@H](CN4C[C@@H](C)O[C@@H](C)C4)[C@@H](CO)C3)nc2n1. The predicted molar refractivity (Wildman–Crippen MR) is 107 cm³/mol. The highest BCUT2D eigenvalue weighted by molar-refractivity contribution is 5.91. The van der Waals surface area contributed by atoms with E-state index >= 15 is 0 Å². The monoisotopic (exact) mass is 402 g/mol. The van der Waals surface area contributed by atoms with Crippen LogP contribution in [0.4, 0.5) is 0 Å². The summed E-state index contributed by atoms with van der Waals surface area (Å²) >= 11 is 0. The number of carbonyl (C=O) groups excluding carboxylic acids is 1. The Balaban J connectivity index is 1.48. The summed E-state index contributed by atoms with van der Waals surface area (Å²) in [5.74, 6) is 0.693. The first kappa shape index (κ1) is 20.2. The number of aliphatic hydroxyl groups is 1. The summed E-state index contributed by atoms with van der Waals surface area (Å²) in [6.07, 6.45) is 0.402. The van der Waals surface area contributed by atoms with Gasteiger partial charge in [-0.25, -0.2) is 9.50 Å². The Morgan fingerprint density at radius 1 is 1.14 bits per heavy atom. The Morgan fingerprint density at radius 3 is 2.52 bits per heavy atom. The van der Waals surface area contributed by atoms with Crippen molar-refractivity contribution in [3.8, 4) is 0 Å². The van der Waals surface area contributed by atoms with Gasteiger partial charge in [0.2, 0.25) is 5.82 Å². The smallest absolute Gasteiger partial charge is 0.293 e. The van der Waals surface area contributed by atoms with Crippen LogP contribution in [0.5, 0.6) is 0 Å². The molecule has 29 heavy (non-hydrogen) atoms. The van der Waals surface area contributed by atoms with Crippen LogP contribution in [0.2, 0.25) is 0 Å². The van der Waals surface area contributed by atoms with Crippen LogP contribution in [0.3, 0.4) is 0 Å². The molecule has 0 aliphatic carbocycles. The molecule has 4 atom stereocenters. The fraction of sp³-hybridized carbons (Fsp3) is 0.700. The summed E-state index contributed by atoms with van der Waals surface area (Å²) in [6.45, 7) is 11.8.